The van der Waals surface area contributed by atoms with Crippen molar-refractivity contribution in [3.63, 3.8) is 0 Å². The molecule has 3 rings (SSSR count). The van der Waals surface area contributed by atoms with Crippen molar-refractivity contribution in [3.05, 3.63) is 29.1 Å². The van der Waals surface area contributed by atoms with Gasteiger partial charge in [0.05, 0.1) is 5.69 Å². The second-order valence-corrected chi connectivity index (χ2v) is 5.47. The molecule has 0 radical (unpaired) electrons. The lowest BCUT2D eigenvalue weighted by molar-refractivity contribution is -0.117. The van der Waals surface area contributed by atoms with Crippen molar-refractivity contribution in [2.45, 2.75) is 25.8 Å². The van der Waals surface area contributed by atoms with E-state index in [1.807, 2.05) is 6.07 Å². The number of hydrogen-bond acceptors (Lipinski definition) is 3. The van der Waals surface area contributed by atoms with Crippen LogP contribution in [0.3, 0.4) is 0 Å². The summed E-state index contributed by atoms with van der Waals surface area (Å²) in [4.78, 5) is 11.9. The minimum atomic E-state index is -0.278. The highest BCUT2D eigenvalue weighted by atomic mass is 19.1. The molecule has 0 aromatic heterocycles. The summed E-state index contributed by atoms with van der Waals surface area (Å²) in [6, 6.07) is 3.54. The fraction of sp³-hybridized carbons (Fsp3) is 0.533. The van der Waals surface area contributed by atoms with Crippen LogP contribution < -0.4 is 10.6 Å². The van der Waals surface area contributed by atoms with Crippen molar-refractivity contribution in [2.75, 3.05) is 25.1 Å². The Kier molecular flexibility index (Phi) is 3.98. The molecule has 2 N–H and O–H groups in total. The van der Waals surface area contributed by atoms with Crippen LogP contribution in [-0.4, -0.2) is 25.7 Å². The van der Waals surface area contributed by atoms with E-state index in [4.69, 9.17) is 4.74 Å². The Morgan fingerprint density at radius 3 is 3.20 bits per heavy atom. The number of halogens is 1. The van der Waals surface area contributed by atoms with Crippen LogP contribution >= 0.6 is 0 Å². The van der Waals surface area contributed by atoms with Crippen LogP contribution in [0.15, 0.2) is 12.1 Å². The average molecular weight is 278 g/mol. The van der Waals surface area contributed by atoms with Crippen LogP contribution in [0.5, 0.6) is 0 Å². The number of carbonyl (C=O) groups excluding carboxylic acids is 1. The Hall–Kier alpha value is -1.46. The van der Waals surface area contributed by atoms with Crippen LogP contribution in [0, 0.1) is 11.7 Å². The number of hydrogen-bond donors (Lipinski definition) is 2. The highest BCUT2D eigenvalue weighted by molar-refractivity contribution is 5.91. The van der Waals surface area contributed by atoms with Gasteiger partial charge in [-0.05, 0) is 42.5 Å². The predicted molar refractivity (Wildman–Crippen MR) is 74.0 cm³/mol. The van der Waals surface area contributed by atoms with Gasteiger partial charge >= 0.3 is 0 Å². The first-order chi connectivity index (χ1) is 9.74. The molecule has 4 nitrogen and oxygen atoms in total. The Labute approximate surface area is 117 Å². The number of rotatable bonds is 3. The van der Waals surface area contributed by atoms with Gasteiger partial charge in [-0.1, -0.05) is 6.07 Å². The van der Waals surface area contributed by atoms with Gasteiger partial charge in [0, 0.05) is 26.2 Å². The second-order valence-electron chi connectivity index (χ2n) is 5.47. The summed E-state index contributed by atoms with van der Waals surface area (Å²) in [7, 11) is 0. The summed E-state index contributed by atoms with van der Waals surface area (Å²) in [5.41, 5.74) is 2.01. The van der Waals surface area contributed by atoms with E-state index in [1.165, 1.54) is 0 Å². The molecule has 1 saturated heterocycles. The number of amides is 1. The smallest absolute Gasteiger partial charge is 0.224 e. The van der Waals surface area contributed by atoms with Crippen LogP contribution in [0.25, 0.3) is 0 Å². The molecule has 0 aliphatic carbocycles. The average Bonchev–Trinajstić information content (AvgIpc) is 2.95. The fourth-order valence-corrected chi connectivity index (χ4v) is 2.84. The van der Waals surface area contributed by atoms with Gasteiger partial charge in [-0.15, -0.1) is 0 Å². The molecule has 108 valence electrons. The molecule has 20 heavy (non-hydrogen) atoms. The van der Waals surface area contributed by atoms with Crippen LogP contribution in [0.2, 0.25) is 0 Å². The Balaban J connectivity index is 1.69. The Morgan fingerprint density at radius 2 is 2.40 bits per heavy atom. The minimum absolute atomic E-state index is 0.131. The van der Waals surface area contributed by atoms with Gasteiger partial charge in [0.2, 0.25) is 5.91 Å². The van der Waals surface area contributed by atoms with Crippen LogP contribution in [0.4, 0.5) is 10.1 Å². The molecule has 0 saturated carbocycles. The molecule has 1 amide bonds. The third-order valence-corrected chi connectivity index (χ3v) is 3.98. The van der Waals surface area contributed by atoms with E-state index >= 15 is 0 Å². The SMILES string of the molecule is O=C(CC1CCOC1)Nc1ccc2c(c1F)CCNC2. The van der Waals surface area contributed by atoms with E-state index in [0.29, 0.717) is 31.7 Å². The number of nitrogens with one attached hydrogen (secondary N) is 2. The molecule has 2 aliphatic rings. The first-order valence-corrected chi connectivity index (χ1v) is 7.12. The lowest BCUT2D eigenvalue weighted by atomic mass is 9.99. The lowest BCUT2D eigenvalue weighted by Crippen LogP contribution is -2.25. The van der Waals surface area contributed by atoms with Gasteiger partial charge in [-0.2, -0.15) is 0 Å². The molecule has 0 bridgehead atoms. The van der Waals surface area contributed by atoms with Crippen molar-refractivity contribution in [2.24, 2.45) is 5.92 Å². The first kappa shape index (κ1) is 13.5. The second kappa shape index (κ2) is 5.89. The third kappa shape index (κ3) is 2.83. The van der Waals surface area contributed by atoms with E-state index in [2.05, 4.69) is 10.6 Å². The zero-order valence-corrected chi connectivity index (χ0v) is 11.4. The van der Waals surface area contributed by atoms with E-state index in [9.17, 15) is 9.18 Å². The van der Waals surface area contributed by atoms with Crippen molar-refractivity contribution >= 4 is 11.6 Å². The highest BCUT2D eigenvalue weighted by Gasteiger charge is 2.21. The van der Waals surface area contributed by atoms with Gasteiger partial charge < -0.3 is 15.4 Å². The first-order valence-electron chi connectivity index (χ1n) is 7.12. The molecule has 0 spiro atoms. The Morgan fingerprint density at radius 1 is 1.50 bits per heavy atom. The zero-order valence-electron chi connectivity index (χ0n) is 11.4. The largest absolute Gasteiger partial charge is 0.381 e. The maximum absolute atomic E-state index is 14.4. The van der Waals surface area contributed by atoms with E-state index < -0.39 is 0 Å². The van der Waals surface area contributed by atoms with Crippen LogP contribution in [0.1, 0.15) is 24.0 Å². The summed E-state index contributed by atoms with van der Waals surface area (Å²) in [6.45, 7) is 2.82. The molecule has 1 aromatic carbocycles. The highest BCUT2D eigenvalue weighted by Crippen LogP contribution is 2.25. The molecule has 2 aliphatic heterocycles. The van der Waals surface area contributed by atoms with Crippen molar-refractivity contribution in [3.8, 4) is 0 Å². The lowest BCUT2D eigenvalue weighted by Gasteiger charge is -2.19. The van der Waals surface area contributed by atoms with Gasteiger partial charge in [-0.3, -0.25) is 4.79 Å². The molecule has 1 atom stereocenters. The van der Waals surface area contributed by atoms with Crippen LogP contribution in [-0.2, 0) is 22.5 Å². The number of carbonyl (C=O) groups is 1. The molecular formula is C15H19FN2O2. The monoisotopic (exact) mass is 278 g/mol. The number of anilines is 1. The van der Waals surface area contributed by atoms with Crippen molar-refractivity contribution in [1.82, 2.24) is 5.32 Å². The normalized spacial score (nSPS) is 21.6. The summed E-state index contributed by atoms with van der Waals surface area (Å²) in [5, 5.41) is 5.91. The zero-order chi connectivity index (χ0) is 13.9. The number of benzene rings is 1. The summed E-state index contributed by atoms with van der Waals surface area (Å²) >= 11 is 0. The summed E-state index contributed by atoms with van der Waals surface area (Å²) in [6.07, 6.45) is 1.98. The molecule has 1 unspecified atom stereocenters. The third-order valence-electron chi connectivity index (χ3n) is 3.98. The van der Waals surface area contributed by atoms with Gasteiger partial charge in [0.25, 0.3) is 0 Å². The van der Waals surface area contributed by atoms with E-state index in [0.717, 1.165) is 30.7 Å². The topological polar surface area (TPSA) is 50.4 Å². The van der Waals surface area contributed by atoms with Crippen molar-refractivity contribution in [1.29, 1.82) is 0 Å². The predicted octanol–water partition coefficient (Wildman–Crippen LogP) is 1.84. The van der Waals surface area contributed by atoms with Gasteiger partial charge in [0.15, 0.2) is 0 Å². The fourth-order valence-electron chi connectivity index (χ4n) is 2.84. The van der Waals surface area contributed by atoms with E-state index in [-0.39, 0.29) is 17.6 Å². The Bertz CT molecular complexity index is 513. The molecule has 1 aromatic rings. The maximum atomic E-state index is 14.4. The minimum Gasteiger partial charge on any atom is -0.381 e. The summed E-state index contributed by atoms with van der Waals surface area (Å²) in [5.74, 6) is -0.145. The maximum Gasteiger partial charge on any atom is 0.224 e. The standard InChI is InChI=1S/C15H19FN2O2/c16-15-12-3-5-17-8-11(12)1-2-13(15)18-14(19)7-10-4-6-20-9-10/h1-2,10,17H,3-9H2,(H,18,19). The molecular weight excluding hydrogens is 259 g/mol. The van der Waals surface area contributed by atoms with Gasteiger partial charge in [-0.25, -0.2) is 4.39 Å². The number of fused-ring (bicyclic) bond motifs is 1. The number of ether oxygens (including phenoxy) is 1. The van der Waals surface area contributed by atoms with Crippen molar-refractivity contribution < 1.29 is 13.9 Å². The molecule has 5 heteroatoms. The molecule has 2 heterocycles. The van der Waals surface area contributed by atoms with E-state index in [1.54, 1.807) is 6.07 Å². The van der Waals surface area contributed by atoms with Gasteiger partial charge in [0.1, 0.15) is 5.82 Å². The molecule has 1 fully saturated rings. The quantitative estimate of drug-likeness (QED) is 0.887. The summed E-state index contributed by atoms with van der Waals surface area (Å²) < 4.78 is 19.6.